The highest BCUT2D eigenvalue weighted by Gasteiger charge is 2.23. The summed E-state index contributed by atoms with van der Waals surface area (Å²) in [6.45, 7) is 1.09. The molecule has 1 aromatic heterocycles. The first-order chi connectivity index (χ1) is 19.9. The minimum absolute atomic E-state index is 0.243. The van der Waals surface area contributed by atoms with Gasteiger partial charge in [-0.1, -0.05) is 48.5 Å². The smallest absolute Gasteiger partial charge is 0.253 e. The highest BCUT2D eigenvalue weighted by molar-refractivity contribution is 5.99. The second-order valence-electron chi connectivity index (χ2n) is 9.76. The van der Waals surface area contributed by atoms with Crippen molar-refractivity contribution in [3.8, 4) is 5.75 Å². The van der Waals surface area contributed by atoms with E-state index in [9.17, 15) is 14.7 Å². The molecule has 3 aromatic carbocycles. The largest absolute Gasteiger partial charge is 0.497 e. The van der Waals surface area contributed by atoms with Crippen LogP contribution in [-0.2, 0) is 19.5 Å². The molecule has 0 aliphatic rings. The van der Waals surface area contributed by atoms with Gasteiger partial charge in [0.2, 0.25) is 0 Å². The quantitative estimate of drug-likeness (QED) is 0.233. The molecule has 0 radical (unpaired) electrons. The zero-order chi connectivity index (χ0) is 29.0. The van der Waals surface area contributed by atoms with Crippen LogP contribution in [0.4, 0.5) is 0 Å². The summed E-state index contributed by atoms with van der Waals surface area (Å²) in [5.41, 5.74) is 3.38. The summed E-state index contributed by atoms with van der Waals surface area (Å²) in [7, 11) is 3.30. The molecule has 4 aromatic rings. The summed E-state index contributed by atoms with van der Waals surface area (Å²) < 4.78 is 5.28. The Morgan fingerprint density at radius 3 is 2.46 bits per heavy atom. The number of amides is 2. The number of aliphatic hydroxyl groups excluding tert-OH is 1. The van der Waals surface area contributed by atoms with Crippen LogP contribution in [0.15, 0.2) is 97.5 Å². The van der Waals surface area contributed by atoms with Crippen LogP contribution in [0.2, 0.25) is 0 Å². The first-order valence-corrected chi connectivity index (χ1v) is 13.4. The van der Waals surface area contributed by atoms with E-state index in [0.717, 1.165) is 16.9 Å². The van der Waals surface area contributed by atoms with Crippen LogP contribution in [0.1, 0.15) is 37.5 Å². The fourth-order valence-electron chi connectivity index (χ4n) is 4.43. The van der Waals surface area contributed by atoms with Gasteiger partial charge < -0.3 is 25.4 Å². The molecule has 1 heterocycles. The van der Waals surface area contributed by atoms with Crippen molar-refractivity contribution in [2.24, 2.45) is 0 Å². The number of carbonyl (C=O) groups excluding carboxylic acids is 2. The Labute approximate surface area is 240 Å². The van der Waals surface area contributed by atoms with Crippen molar-refractivity contribution in [1.29, 1.82) is 0 Å². The van der Waals surface area contributed by atoms with Gasteiger partial charge in [0.05, 0.1) is 37.7 Å². The molecule has 0 saturated heterocycles. The van der Waals surface area contributed by atoms with Crippen molar-refractivity contribution in [3.63, 3.8) is 0 Å². The Hall–Kier alpha value is -4.60. The average molecular weight is 554 g/mol. The zero-order valence-corrected chi connectivity index (χ0v) is 23.2. The lowest BCUT2D eigenvalue weighted by Crippen LogP contribution is -2.48. The number of hydrogen-bond acceptors (Lipinski definition) is 7. The van der Waals surface area contributed by atoms with Gasteiger partial charge >= 0.3 is 0 Å². The van der Waals surface area contributed by atoms with Crippen LogP contribution in [-0.4, -0.2) is 64.6 Å². The Morgan fingerprint density at radius 2 is 1.71 bits per heavy atom. The molecule has 0 aliphatic carbocycles. The average Bonchev–Trinajstić information content (AvgIpc) is 3.01. The zero-order valence-electron chi connectivity index (χ0n) is 23.2. The molecule has 4 rings (SSSR count). The van der Waals surface area contributed by atoms with Crippen molar-refractivity contribution >= 4 is 11.8 Å². The summed E-state index contributed by atoms with van der Waals surface area (Å²) in [6, 6.07) is 23.4. The SMILES string of the molecule is COc1cccc(CNC[C@@H](O)[C@H](Cc2ccccc2)NC(=O)c2cccc(C(=O)N(C)Cc3cnccn3)c2)c1. The molecule has 2 atom stereocenters. The van der Waals surface area contributed by atoms with Crippen LogP contribution >= 0.6 is 0 Å². The number of nitrogens with zero attached hydrogens (tertiary/aromatic N) is 3. The topological polar surface area (TPSA) is 117 Å². The van der Waals surface area contributed by atoms with Crippen LogP contribution in [0.25, 0.3) is 0 Å². The van der Waals surface area contributed by atoms with E-state index in [0.29, 0.717) is 29.8 Å². The van der Waals surface area contributed by atoms with Crippen LogP contribution in [0, 0.1) is 0 Å². The van der Waals surface area contributed by atoms with E-state index >= 15 is 0 Å². The molecule has 0 unspecified atom stereocenters. The Morgan fingerprint density at radius 1 is 0.951 bits per heavy atom. The van der Waals surface area contributed by atoms with Gasteiger partial charge in [-0.05, 0) is 47.9 Å². The number of hydrogen-bond donors (Lipinski definition) is 3. The molecule has 41 heavy (non-hydrogen) atoms. The van der Waals surface area contributed by atoms with E-state index in [-0.39, 0.29) is 24.9 Å². The standard InChI is InChI=1S/C32H35N5O4/c1-37(22-27-20-33-14-15-35-27)32(40)26-12-7-11-25(18-26)31(39)36-29(17-23-8-4-3-5-9-23)30(38)21-34-19-24-10-6-13-28(16-24)41-2/h3-16,18,20,29-30,34,38H,17,19,21-22H2,1-2H3,(H,36,39)/t29-,30+/m0/s1. The van der Waals surface area contributed by atoms with Crippen molar-refractivity contribution in [3.05, 3.63) is 125 Å². The number of nitrogens with one attached hydrogen (secondary N) is 2. The van der Waals surface area contributed by atoms with Crippen molar-refractivity contribution in [2.45, 2.75) is 31.7 Å². The van der Waals surface area contributed by atoms with E-state index in [1.165, 1.54) is 4.90 Å². The van der Waals surface area contributed by atoms with Gasteiger partial charge in [-0.25, -0.2) is 0 Å². The number of rotatable bonds is 13. The number of ether oxygens (including phenoxy) is 1. The van der Waals surface area contributed by atoms with E-state index in [2.05, 4.69) is 20.6 Å². The van der Waals surface area contributed by atoms with Crippen molar-refractivity contribution < 1.29 is 19.4 Å². The van der Waals surface area contributed by atoms with Crippen LogP contribution in [0.3, 0.4) is 0 Å². The predicted octanol–water partition coefficient (Wildman–Crippen LogP) is 3.25. The lowest BCUT2D eigenvalue weighted by Gasteiger charge is -2.25. The number of aromatic nitrogens is 2. The lowest BCUT2D eigenvalue weighted by atomic mass is 10.00. The first kappa shape index (κ1) is 29.4. The molecular formula is C32H35N5O4. The van der Waals surface area contributed by atoms with Gasteiger partial charge in [0, 0.05) is 43.7 Å². The number of benzene rings is 3. The summed E-state index contributed by atoms with van der Waals surface area (Å²) in [6.07, 6.45) is 4.33. The molecule has 0 saturated carbocycles. The second kappa shape index (κ2) is 14.7. The minimum Gasteiger partial charge on any atom is -0.497 e. The van der Waals surface area contributed by atoms with E-state index in [4.69, 9.17) is 4.74 Å². The highest BCUT2D eigenvalue weighted by atomic mass is 16.5. The summed E-state index contributed by atoms with van der Waals surface area (Å²) >= 11 is 0. The fourth-order valence-corrected chi connectivity index (χ4v) is 4.43. The summed E-state index contributed by atoms with van der Waals surface area (Å²) in [5.74, 6) is 0.150. The minimum atomic E-state index is -0.868. The maximum absolute atomic E-state index is 13.4. The van der Waals surface area contributed by atoms with Gasteiger partial charge in [0.25, 0.3) is 11.8 Å². The third kappa shape index (κ3) is 8.69. The predicted molar refractivity (Wildman–Crippen MR) is 156 cm³/mol. The third-order valence-corrected chi connectivity index (χ3v) is 6.63. The molecule has 0 fully saturated rings. The fraction of sp³-hybridized carbons (Fsp3) is 0.250. The summed E-state index contributed by atoms with van der Waals surface area (Å²) in [5, 5.41) is 17.4. The first-order valence-electron chi connectivity index (χ1n) is 13.4. The summed E-state index contributed by atoms with van der Waals surface area (Å²) in [4.78, 5) is 36.2. The van der Waals surface area contributed by atoms with Crippen molar-refractivity contribution in [2.75, 3.05) is 20.7 Å². The normalized spacial score (nSPS) is 12.3. The molecule has 9 nitrogen and oxygen atoms in total. The maximum atomic E-state index is 13.4. The van der Waals surface area contributed by atoms with Crippen LogP contribution < -0.4 is 15.4 Å². The van der Waals surface area contributed by atoms with Gasteiger partial charge in [-0.15, -0.1) is 0 Å². The van der Waals surface area contributed by atoms with Crippen molar-refractivity contribution in [1.82, 2.24) is 25.5 Å². The molecule has 9 heteroatoms. The van der Waals surface area contributed by atoms with Gasteiger partial charge in [0.1, 0.15) is 5.75 Å². The van der Waals surface area contributed by atoms with Gasteiger partial charge in [-0.2, -0.15) is 0 Å². The van der Waals surface area contributed by atoms with Gasteiger partial charge in [-0.3, -0.25) is 19.6 Å². The molecule has 212 valence electrons. The number of methoxy groups -OCH3 is 1. The maximum Gasteiger partial charge on any atom is 0.253 e. The molecule has 0 spiro atoms. The Balaban J connectivity index is 1.42. The molecule has 0 aliphatic heterocycles. The van der Waals surface area contributed by atoms with E-state index < -0.39 is 12.1 Å². The number of carbonyl (C=O) groups is 2. The highest BCUT2D eigenvalue weighted by Crippen LogP contribution is 2.14. The monoisotopic (exact) mass is 553 g/mol. The van der Waals surface area contributed by atoms with Gasteiger partial charge in [0.15, 0.2) is 0 Å². The molecule has 3 N–H and O–H groups in total. The van der Waals surface area contributed by atoms with E-state index in [1.807, 2.05) is 54.6 Å². The van der Waals surface area contributed by atoms with Crippen LogP contribution in [0.5, 0.6) is 5.75 Å². The van der Waals surface area contributed by atoms with E-state index in [1.54, 1.807) is 57.0 Å². The molecule has 0 bridgehead atoms. The molecular weight excluding hydrogens is 518 g/mol. The third-order valence-electron chi connectivity index (χ3n) is 6.63. The lowest BCUT2D eigenvalue weighted by molar-refractivity contribution is 0.0783. The number of aliphatic hydroxyl groups is 1. The Bertz CT molecular complexity index is 1420. The second-order valence-corrected chi connectivity index (χ2v) is 9.76. The Kier molecular flexibility index (Phi) is 10.5. The molecule has 2 amide bonds.